The topological polar surface area (TPSA) is 58.4 Å². The second kappa shape index (κ2) is 9.33. The number of nitrogens with zero attached hydrogens (tertiary/aromatic N) is 3. The standard InChI is InChI=1S/C23H27N3O2/c1-3-12-25(17-22(27)28)15-21-16-26(14-19-9-5-4-6-10-19)24-23(21)20-11-7-8-18(2)13-20/h4-11,13,16H,3,12,14-15,17H2,1-2H3,(H,27,28). The lowest BCUT2D eigenvalue weighted by Crippen LogP contribution is -2.30. The number of rotatable bonds is 9. The van der Waals surface area contributed by atoms with Gasteiger partial charge in [-0.15, -0.1) is 0 Å². The Kier molecular flexibility index (Phi) is 6.61. The highest BCUT2D eigenvalue weighted by Crippen LogP contribution is 2.25. The molecule has 0 unspecified atom stereocenters. The van der Waals surface area contributed by atoms with Gasteiger partial charge >= 0.3 is 5.97 Å². The fourth-order valence-electron chi connectivity index (χ4n) is 3.43. The molecule has 0 atom stereocenters. The highest BCUT2D eigenvalue weighted by molar-refractivity contribution is 5.69. The van der Waals surface area contributed by atoms with Crippen LogP contribution in [0.2, 0.25) is 0 Å². The van der Waals surface area contributed by atoms with Crippen molar-refractivity contribution in [2.24, 2.45) is 0 Å². The van der Waals surface area contributed by atoms with E-state index in [1.54, 1.807) is 0 Å². The first kappa shape index (κ1) is 19.8. The molecule has 146 valence electrons. The molecule has 1 aromatic heterocycles. The van der Waals surface area contributed by atoms with Gasteiger partial charge in [-0.2, -0.15) is 5.10 Å². The van der Waals surface area contributed by atoms with E-state index >= 15 is 0 Å². The molecule has 5 heteroatoms. The number of hydrogen-bond donors (Lipinski definition) is 1. The lowest BCUT2D eigenvalue weighted by molar-refractivity contribution is -0.138. The van der Waals surface area contributed by atoms with Gasteiger partial charge in [-0.25, -0.2) is 0 Å². The molecule has 0 radical (unpaired) electrons. The first-order chi connectivity index (χ1) is 13.5. The molecule has 0 spiro atoms. The van der Waals surface area contributed by atoms with Crippen molar-refractivity contribution in [3.63, 3.8) is 0 Å². The fraction of sp³-hybridized carbons (Fsp3) is 0.304. The van der Waals surface area contributed by atoms with Crippen LogP contribution in [0.3, 0.4) is 0 Å². The number of aromatic nitrogens is 2. The molecule has 28 heavy (non-hydrogen) atoms. The van der Waals surface area contributed by atoms with Crippen LogP contribution in [-0.4, -0.2) is 38.8 Å². The minimum absolute atomic E-state index is 0.0327. The van der Waals surface area contributed by atoms with Crippen LogP contribution < -0.4 is 0 Å². The highest BCUT2D eigenvalue weighted by Gasteiger charge is 2.16. The molecule has 0 aliphatic heterocycles. The van der Waals surface area contributed by atoms with Crippen molar-refractivity contribution in [2.45, 2.75) is 33.4 Å². The van der Waals surface area contributed by atoms with E-state index in [-0.39, 0.29) is 6.54 Å². The minimum Gasteiger partial charge on any atom is -0.480 e. The minimum atomic E-state index is -0.803. The van der Waals surface area contributed by atoms with Gasteiger partial charge in [-0.05, 0) is 31.5 Å². The average Bonchev–Trinajstić information content (AvgIpc) is 3.04. The summed E-state index contributed by atoms with van der Waals surface area (Å²) >= 11 is 0. The van der Waals surface area contributed by atoms with Crippen molar-refractivity contribution >= 4 is 5.97 Å². The highest BCUT2D eigenvalue weighted by atomic mass is 16.4. The van der Waals surface area contributed by atoms with E-state index in [1.165, 1.54) is 11.1 Å². The van der Waals surface area contributed by atoms with Crippen molar-refractivity contribution in [3.8, 4) is 11.3 Å². The molecule has 1 N–H and O–H groups in total. The third kappa shape index (κ3) is 5.30. The van der Waals surface area contributed by atoms with Crippen molar-refractivity contribution < 1.29 is 9.90 Å². The molecule has 0 amide bonds. The molecule has 0 saturated carbocycles. The Morgan fingerprint density at radius 3 is 2.61 bits per heavy atom. The zero-order valence-corrected chi connectivity index (χ0v) is 16.5. The maximum atomic E-state index is 11.3. The molecular formula is C23H27N3O2. The Balaban J connectivity index is 1.94. The number of hydrogen-bond acceptors (Lipinski definition) is 3. The quantitative estimate of drug-likeness (QED) is 0.607. The predicted molar refractivity (Wildman–Crippen MR) is 111 cm³/mol. The summed E-state index contributed by atoms with van der Waals surface area (Å²) in [5.74, 6) is -0.803. The Morgan fingerprint density at radius 1 is 1.14 bits per heavy atom. The van der Waals surface area contributed by atoms with Crippen LogP contribution in [0.1, 0.15) is 30.0 Å². The number of carboxylic acid groups (broad SMARTS) is 1. The first-order valence-corrected chi connectivity index (χ1v) is 9.66. The molecule has 3 aromatic rings. The van der Waals surface area contributed by atoms with Gasteiger partial charge in [-0.3, -0.25) is 14.4 Å². The Labute approximate surface area is 166 Å². The first-order valence-electron chi connectivity index (χ1n) is 9.66. The van der Waals surface area contributed by atoms with Crippen molar-refractivity contribution in [1.82, 2.24) is 14.7 Å². The molecule has 0 fully saturated rings. The SMILES string of the molecule is CCCN(CC(=O)O)Cc1cn(Cc2ccccc2)nc1-c1cccc(C)c1. The van der Waals surface area contributed by atoms with Gasteiger partial charge in [0.15, 0.2) is 0 Å². The number of aliphatic carboxylic acids is 1. The average molecular weight is 377 g/mol. The number of carboxylic acids is 1. The van der Waals surface area contributed by atoms with Crippen LogP contribution in [-0.2, 0) is 17.9 Å². The van der Waals surface area contributed by atoms with E-state index in [0.717, 1.165) is 29.8 Å². The van der Waals surface area contributed by atoms with Crippen LogP contribution in [0.4, 0.5) is 0 Å². The smallest absolute Gasteiger partial charge is 0.317 e. The Morgan fingerprint density at radius 2 is 1.93 bits per heavy atom. The van der Waals surface area contributed by atoms with Crippen LogP contribution in [0, 0.1) is 6.92 Å². The number of benzene rings is 2. The van der Waals surface area contributed by atoms with Gasteiger partial charge in [0.25, 0.3) is 0 Å². The van der Waals surface area contributed by atoms with Gasteiger partial charge in [0.05, 0.1) is 18.8 Å². The van der Waals surface area contributed by atoms with Crippen LogP contribution in [0.15, 0.2) is 60.8 Å². The molecular weight excluding hydrogens is 350 g/mol. The van der Waals surface area contributed by atoms with Crippen LogP contribution in [0.25, 0.3) is 11.3 Å². The number of carbonyl (C=O) groups is 1. The molecule has 0 saturated heterocycles. The summed E-state index contributed by atoms with van der Waals surface area (Å²) in [6.45, 7) is 6.16. The van der Waals surface area contributed by atoms with E-state index in [0.29, 0.717) is 13.1 Å². The maximum Gasteiger partial charge on any atom is 0.317 e. The second-order valence-electron chi connectivity index (χ2n) is 7.16. The summed E-state index contributed by atoms with van der Waals surface area (Å²) in [4.78, 5) is 13.2. The third-order valence-electron chi connectivity index (χ3n) is 4.61. The third-order valence-corrected chi connectivity index (χ3v) is 4.61. The molecule has 0 bridgehead atoms. The molecule has 0 aliphatic rings. The summed E-state index contributed by atoms with van der Waals surface area (Å²) in [7, 11) is 0. The predicted octanol–water partition coefficient (Wildman–Crippen LogP) is 4.20. The van der Waals surface area contributed by atoms with Crippen molar-refractivity contribution in [1.29, 1.82) is 0 Å². The summed E-state index contributed by atoms with van der Waals surface area (Å²) < 4.78 is 1.95. The van der Waals surface area contributed by atoms with E-state index in [9.17, 15) is 9.90 Å². The van der Waals surface area contributed by atoms with E-state index in [2.05, 4.69) is 50.4 Å². The summed E-state index contributed by atoms with van der Waals surface area (Å²) in [6, 6.07) is 18.5. The summed E-state index contributed by atoms with van der Waals surface area (Å²) in [5.41, 5.74) is 5.40. The van der Waals surface area contributed by atoms with E-state index in [1.807, 2.05) is 33.8 Å². The summed E-state index contributed by atoms with van der Waals surface area (Å²) in [6.07, 6.45) is 2.96. The molecule has 2 aromatic carbocycles. The van der Waals surface area contributed by atoms with Crippen LogP contribution >= 0.6 is 0 Å². The zero-order valence-electron chi connectivity index (χ0n) is 16.5. The monoisotopic (exact) mass is 377 g/mol. The van der Waals surface area contributed by atoms with Crippen LogP contribution in [0.5, 0.6) is 0 Å². The lowest BCUT2D eigenvalue weighted by atomic mass is 10.1. The lowest BCUT2D eigenvalue weighted by Gasteiger charge is -2.19. The molecule has 1 heterocycles. The normalized spacial score (nSPS) is 11.1. The van der Waals surface area contributed by atoms with Crippen molar-refractivity contribution in [3.05, 3.63) is 77.5 Å². The second-order valence-corrected chi connectivity index (χ2v) is 7.16. The molecule has 5 nitrogen and oxygen atoms in total. The van der Waals surface area contributed by atoms with Crippen molar-refractivity contribution in [2.75, 3.05) is 13.1 Å². The maximum absolute atomic E-state index is 11.3. The largest absolute Gasteiger partial charge is 0.480 e. The Hall–Kier alpha value is -2.92. The van der Waals surface area contributed by atoms with E-state index < -0.39 is 5.97 Å². The van der Waals surface area contributed by atoms with Gasteiger partial charge < -0.3 is 5.11 Å². The molecule has 0 aliphatic carbocycles. The van der Waals surface area contributed by atoms with Gasteiger partial charge in [0, 0.05) is 23.9 Å². The molecule has 3 rings (SSSR count). The zero-order chi connectivity index (χ0) is 19.9. The Bertz CT molecular complexity index is 919. The van der Waals surface area contributed by atoms with E-state index in [4.69, 9.17) is 5.10 Å². The number of aryl methyl sites for hydroxylation is 1. The van der Waals surface area contributed by atoms with Gasteiger partial charge in [0.1, 0.15) is 0 Å². The van der Waals surface area contributed by atoms with Gasteiger partial charge in [-0.1, -0.05) is 61.0 Å². The summed E-state index contributed by atoms with van der Waals surface area (Å²) in [5, 5.41) is 14.1. The van der Waals surface area contributed by atoms with Gasteiger partial charge in [0.2, 0.25) is 0 Å². The fourth-order valence-corrected chi connectivity index (χ4v) is 3.43.